The molecule has 1 saturated heterocycles. The number of nitrogens with two attached hydrogens (primary N) is 1. The Balaban J connectivity index is 2.10. The normalized spacial score (nSPS) is 21.8. The lowest BCUT2D eigenvalue weighted by Crippen LogP contribution is -2.45. The van der Waals surface area contributed by atoms with Gasteiger partial charge in [-0.25, -0.2) is 0 Å². The van der Waals surface area contributed by atoms with Gasteiger partial charge < -0.3 is 15.5 Å². The van der Waals surface area contributed by atoms with E-state index in [0.717, 1.165) is 13.0 Å². The Morgan fingerprint density at radius 1 is 1.45 bits per heavy atom. The molecule has 1 heterocycles. The number of likely N-dealkylation sites (tertiary alicyclic amines) is 1. The molecule has 0 radical (unpaired) electrons. The summed E-state index contributed by atoms with van der Waals surface area (Å²) in [6, 6.07) is 7.67. The van der Waals surface area contributed by atoms with Crippen LogP contribution in [0.15, 0.2) is 18.2 Å². The lowest BCUT2D eigenvalue weighted by molar-refractivity contribution is 0.248. The summed E-state index contributed by atoms with van der Waals surface area (Å²) in [6.45, 7) is 6.66. The fourth-order valence-corrected chi connectivity index (χ4v) is 3.14. The van der Waals surface area contributed by atoms with Crippen molar-refractivity contribution in [1.29, 1.82) is 0 Å². The molecule has 0 aliphatic carbocycles. The van der Waals surface area contributed by atoms with Crippen LogP contribution in [-0.4, -0.2) is 44.2 Å². The van der Waals surface area contributed by atoms with Gasteiger partial charge in [0.1, 0.15) is 0 Å². The summed E-state index contributed by atoms with van der Waals surface area (Å²) >= 11 is 0. The van der Waals surface area contributed by atoms with Crippen molar-refractivity contribution in [3.8, 4) is 0 Å². The van der Waals surface area contributed by atoms with Gasteiger partial charge in [-0.05, 0) is 70.0 Å². The van der Waals surface area contributed by atoms with E-state index in [9.17, 15) is 0 Å². The third-order valence-corrected chi connectivity index (χ3v) is 4.42. The monoisotopic (exact) mass is 275 g/mol. The average molecular weight is 275 g/mol. The number of rotatable bonds is 4. The predicted octanol–water partition coefficient (Wildman–Crippen LogP) is 2.42. The Hall–Kier alpha value is -1.06. The number of aryl methyl sites for hydroxylation is 1. The molecule has 3 nitrogen and oxygen atoms in total. The molecule has 0 saturated carbocycles. The van der Waals surface area contributed by atoms with Gasteiger partial charge in [-0.1, -0.05) is 6.07 Å². The zero-order chi connectivity index (χ0) is 14.7. The van der Waals surface area contributed by atoms with Crippen LogP contribution in [0.2, 0.25) is 0 Å². The van der Waals surface area contributed by atoms with E-state index in [2.05, 4.69) is 55.9 Å². The maximum atomic E-state index is 5.91. The summed E-state index contributed by atoms with van der Waals surface area (Å²) in [5.74, 6) is 0. The topological polar surface area (TPSA) is 32.5 Å². The molecule has 112 valence electrons. The Morgan fingerprint density at radius 3 is 2.80 bits per heavy atom. The Labute approximate surface area is 123 Å². The molecule has 1 aliphatic rings. The van der Waals surface area contributed by atoms with E-state index >= 15 is 0 Å². The number of likely N-dealkylation sites (N-methyl/N-ethyl adjacent to an activating group) is 2. The Morgan fingerprint density at radius 2 is 2.20 bits per heavy atom. The predicted molar refractivity (Wildman–Crippen MR) is 87.5 cm³/mol. The lowest BCUT2D eigenvalue weighted by Gasteiger charge is -2.37. The first-order valence-electron chi connectivity index (χ1n) is 7.74. The van der Waals surface area contributed by atoms with Crippen LogP contribution in [0.25, 0.3) is 0 Å². The van der Waals surface area contributed by atoms with E-state index in [4.69, 9.17) is 5.73 Å². The highest BCUT2D eigenvalue weighted by Crippen LogP contribution is 2.24. The van der Waals surface area contributed by atoms with Crippen LogP contribution in [0.5, 0.6) is 0 Å². The number of anilines is 1. The molecule has 0 aromatic heterocycles. The van der Waals surface area contributed by atoms with Crippen molar-refractivity contribution in [3.05, 3.63) is 29.3 Å². The maximum Gasteiger partial charge on any atom is 0.0414 e. The van der Waals surface area contributed by atoms with Crippen molar-refractivity contribution in [1.82, 2.24) is 4.90 Å². The first kappa shape index (κ1) is 15.3. The van der Waals surface area contributed by atoms with Gasteiger partial charge in [0.2, 0.25) is 0 Å². The molecule has 1 aromatic rings. The van der Waals surface area contributed by atoms with E-state index in [1.165, 1.54) is 36.2 Å². The van der Waals surface area contributed by atoms with Crippen molar-refractivity contribution < 1.29 is 0 Å². The second-order valence-electron chi connectivity index (χ2n) is 6.46. The Kier molecular flexibility index (Phi) is 5.06. The first-order chi connectivity index (χ1) is 9.47. The largest absolute Gasteiger partial charge is 0.370 e. The molecular formula is C17H29N3. The van der Waals surface area contributed by atoms with Gasteiger partial charge in [0.05, 0.1) is 0 Å². The molecule has 2 rings (SSSR count). The minimum absolute atomic E-state index is 0.226. The van der Waals surface area contributed by atoms with E-state index in [1.807, 2.05) is 0 Å². The molecular weight excluding hydrogens is 246 g/mol. The fourth-order valence-electron chi connectivity index (χ4n) is 3.14. The molecule has 0 spiro atoms. The molecule has 2 unspecified atom stereocenters. The van der Waals surface area contributed by atoms with Gasteiger partial charge in [-0.2, -0.15) is 0 Å². The Bertz CT molecular complexity index is 442. The molecule has 0 bridgehead atoms. The number of nitrogens with zero attached hydrogens (tertiary/aromatic N) is 2. The van der Waals surface area contributed by atoms with E-state index in [0.29, 0.717) is 6.04 Å². The van der Waals surface area contributed by atoms with Gasteiger partial charge in [0.25, 0.3) is 0 Å². The van der Waals surface area contributed by atoms with Gasteiger partial charge in [0, 0.05) is 31.4 Å². The van der Waals surface area contributed by atoms with Crippen molar-refractivity contribution in [3.63, 3.8) is 0 Å². The van der Waals surface area contributed by atoms with Crippen LogP contribution in [0.1, 0.15) is 30.9 Å². The summed E-state index contributed by atoms with van der Waals surface area (Å²) in [7, 11) is 4.45. The second-order valence-corrected chi connectivity index (χ2v) is 6.46. The highest BCUT2D eigenvalue weighted by molar-refractivity contribution is 5.51. The van der Waals surface area contributed by atoms with E-state index in [-0.39, 0.29) is 6.04 Å². The third kappa shape index (κ3) is 3.74. The van der Waals surface area contributed by atoms with Crippen LogP contribution in [0.4, 0.5) is 5.69 Å². The minimum Gasteiger partial charge on any atom is -0.370 e. The van der Waals surface area contributed by atoms with Crippen LogP contribution >= 0.6 is 0 Å². The minimum atomic E-state index is 0.226. The SMILES string of the molecule is Cc1cc(N(C)C2CCCN(C)C2)ccc1CC(C)N. The summed E-state index contributed by atoms with van der Waals surface area (Å²) in [5.41, 5.74) is 9.97. The van der Waals surface area contributed by atoms with Crippen LogP contribution in [0, 0.1) is 6.92 Å². The highest BCUT2D eigenvalue weighted by atomic mass is 15.2. The molecule has 3 heteroatoms. The fraction of sp³-hybridized carbons (Fsp3) is 0.647. The molecule has 1 aromatic carbocycles. The zero-order valence-electron chi connectivity index (χ0n) is 13.4. The van der Waals surface area contributed by atoms with E-state index in [1.54, 1.807) is 0 Å². The zero-order valence-corrected chi connectivity index (χ0v) is 13.4. The van der Waals surface area contributed by atoms with Crippen molar-refractivity contribution >= 4 is 5.69 Å². The molecule has 20 heavy (non-hydrogen) atoms. The highest BCUT2D eigenvalue weighted by Gasteiger charge is 2.21. The number of hydrogen-bond donors (Lipinski definition) is 1. The van der Waals surface area contributed by atoms with Gasteiger partial charge in [-0.3, -0.25) is 0 Å². The standard InChI is InChI=1S/C17H29N3/c1-13-10-16(8-7-15(13)11-14(2)18)20(4)17-6-5-9-19(3)12-17/h7-8,10,14,17H,5-6,9,11-12,18H2,1-4H3. The molecule has 0 amide bonds. The molecule has 2 atom stereocenters. The van der Waals surface area contributed by atoms with Crippen LogP contribution in [0.3, 0.4) is 0 Å². The third-order valence-electron chi connectivity index (χ3n) is 4.42. The van der Waals surface area contributed by atoms with Crippen molar-refractivity contribution in [2.24, 2.45) is 5.73 Å². The second kappa shape index (κ2) is 6.59. The lowest BCUT2D eigenvalue weighted by atomic mass is 10.00. The summed E-state index contributed by atoms with van der Waals surface area (Å²) in [5, 5.41) is 0. The molecule has 1 aliphatic heterocycles. The van der Waals surface area contributed by atoms with Crippen molar-refractivity contribution in [2.45, 2.75) is 45.2 Å². The van der Waals surface area contributed by atoms with Crippen molar-refractivity contribution in [2.75, 3.05) is 32.1 Å². The first-order valence-corrected chi connectivity index (χ1v) is 7.74. The van der Waals surface area contributed by atoms with Gasteiger partial charge >= 0.3 is 0 Å². The van der Waals surface area contributed by atoms with Gasteiger partial charge in [0.15, 0.2) is 0 Å². The summed E-state index contributed by atoms with van der Waals surface area (Å²) in [6.07, 6.45) is 3.55. The quantitative estimate of drug-likeness (QED) is 0.916. The van der Waals surface area contributed by atoms with Crippen LogP contribution < -0.4 is 10.6 Å². The summed E-state index contributed by atoms with van der Waals surface area (Å²) < 4.78 is 0. The number of hydrogen-bond acceptors (Lipinski definition) is 3. The van der Waals surface area contributed by atoms with Crippen LogP contribution in [-0.2, 0) is 6.42 Å². The average Bonchev–Trinajstić information content (AvgIpc) is 2.40. The molecule has 2 N–H and O–H groups in total. The number of piperidine rings is 1. The smallest absolute Gasteiger partial charge is 0.0414 e. The summed E-state index contributed by atoms with van der Waals surface area (Å²) in [4.78, 5) is 4.88. The van der Waals surface area contributed by atoms with Gasteiger partial charge in [-0.15, -0.1) is 0 Å². The number of benzene rings is 1. The molecule has 1 fully saturated rings. The maximum absolute atomic E-state index is 5.91. The van der Waals surface area contributed by atoms with E-state index < -0.39 is 0 Å².